The predicted molar refractivity (Wildman–Crippen MR) is 108 cm³/mol. The standard InChI is InChI=1S/C21H23ClN4O/c1-26(21(27)17-11-12-20(22)23-15-17)13-7-3-6-10-18-14-19(25-24-18)16-8-4-2-5-9-16/h2,4-5,8-9,11-12,14-15H,3,6-7,10,13H2,1H3,(H,24,25). The maximum absolute atomic E-state index is 12.3. The van der Waals surface area contributed by atoms with Crippen molar-refractivity contribution < 1.29 is 4.79 Å². The molecule has 0 unspecified atom stereocenters. The van der Waals surface area contributed by atoms with E-state index in [0.29, 0.717) is 10.7 Å². The van der Waals surface area contributed by atoms with Gasteiger partial charge < -0.3 is 4.90 Å². The second kappa shape index (κ2) is 9.33. The highest BCUT2D eigenvalue weighted by atomic mass is 35.5. The minimum Gasteiger partial charge on any atom is -0.342 e. The number of unbranched alkanes of at least 4 members (excludes halogenated alkanes) is 2. The van der Waals surface area contributed by atoms with Crippen molar-refractivity contribution in [1.29, 1.82) is 0 Å². The minimum absolute atomic E-state index is 0.0276. The smallest absolute Gasteiger partial charge is 0.255 e. The van der Waals surface area contributed by atoms with Gasteiger partial charge in [0.2, 0.25) is 0 Å². The van der Waals surface area contributed by atoms with Crippen LogP contribution in [-0.4, -0.2) is 39.6 Å². The average molecular weight is 383 g/mol. The molecule has 5 nitrogen and oxygen atoms in total. The summed E-state index contributed by atoms with van der Waals surface area (Å²) in [6, 6.07) is 15.6. The number of H-pyrrole nitrogens is 1. The van der Waals surface area contributed by atoms with Crippen molar-refractivity contribution in [3.05, 3.63) is 71.1 Å². The Kier molecular flexibility index (Phi) is 6.60. The molecule has 0 spiro atoms. The molecule has 1 aromatic carbocycles. The Labute approximate surface area is 164 Å². The van der Waals surface area contributed by atoms with Crippen LogP contribution in [0.1, 0.15) is 35.3 Å². The van der Waals surface area contributed by atoms with E-state index in [0.717, 1.165) is 49.2 Å². The van der Waals surface area contributed by atoms with Crippen molar-refractivity contribution >= 4 is 17.5 Å². The number of rotatable bonds is 8. The first-order valence-electron chi connectivity index (χ1n) is 9.10. The third kappa shape index (κ3) is 5.41. The van der Waals surface area contributed by atoms with Crippen LogP contribution >= 0.6 is 11.6 Å². The van der Waals surface area contributed by atoms with Gasteiger partial charge in [-0.15, -0.1) is 0 Å². The first-order chi connectivity index (χ1) is 13.1. The SMILES string of the molecule is CN(CCCCCc1cc(-c2ccccc2)n[nH]1)C(=O)c1ccc(Cl)nc1. The molecule has 140 valence electrons. The molecule has 0 aliphatic heterocycles. The first kappa shape index (κ1) is 19.1. The van der Waals surface area contributed by atoms with Crippen LogP contribution in [-0.2, 0) is 6.42 Å². The Morgan fingerprint density at radius 3 is 2.67 bits per heavy atom. The highest BCUT2D eigenvalue weighted by Gasteiger charge is 2.11. The Bertz CT molecular complexity index is 861. The zero-order valence-electron chi connectivity index (χ0n) is 15.4. The molecule has 2 heterocycles. The van der Waals surface area contributed by atoms with Crippen molar-refractivity contribution in [2.24, 2.45) is 0 Å². The van der Waals surface area contributed by atoms with Gasteiger partial charge >= 0.3 is 0 Å². The molecular formula is C21H23ClN4O. The lowest BCUT2D eigenvalue weighted by Gasteiger charge is -2.16. The molecule has 6 heteroatoms. The lowest BCUT2D eigenvalue weighted by Crippen LogP contribution is -2.27. The van der Waals surface area contributed by atoms with Gasteiger partial charge in [-0.25, -0.2) is 4.98 Å². The number of carbonyl (C=O) groups is 1. The van der Waals surface area contributed by atoms with Crippen LogP contribution < -0.4 is 0 Å². The third-order valence-electron chi connectivity index (χ3n) is 4.46. The van der Waals surface area contributed by atoms with E-state index < -0.39 is 0 Å². The van der Waals surface area contributed by atoms with Crippen LogP contribution in [0.5, 0.6) is 0 Å². The van der Waals surface area contributed by atoms with Crippen LogP contribution in [0.4, 0.5) is 0 Å². The molecule has 2 aromatic heterocycles. The third-order valence-corrected chi connectivity index (χ3v) is 4.68. The molecule has 3 rings (SSSR count). The fourth-order valence-electron chi connectivity index (χ4n) is 2.91. The van der Waals surface area contributed by atoms with Gasteiger partial charge in [0.15, 0.2) is 0 Å². The Hall–Kier alpha value is -2.66. The first-order valence-corrected chi connectivity index (χ1v) is 9.48. The van der Waals surface area contributed by atoms with E-state index in [1.165, 1.54) is 6.20 Å². The summed E-state index contributed by atoms with van der Waals surface area (Å²) in [7, 11) is 1.82. The lowest BCUT2D eigenvalue weighted by molar-refractivity contribution is 0.0792. The number of hydrogen-bond donors (Lipinski definition) is 1. The molecule has 0 aliphatic rings. The van der Waals surface area contributed by atoms with Crippen molar-refractivity contribution in [2.45, 2.75) is 25.7 Å². The van der Waals surface area contributed by atoms with Crippen molar-refractivity contribution in [2.75, 3.05) is 13.6 Å². The Balaban J connectivity index is 1.38. The number of benzene rings is 1. The highest BCUT2D eigenvalue weighted by molar-refractivity contribution is 6.29. The molecule has 1 amide bonds. The van der Waals surface area contributed by atoms with Gasteiger partial charge in [-0.3, -0.25) is 9.89 Å². The molecule has 0 radical (unpaired) electrons. The normalized spacial score (nSPS) is 10.7. The van der Waals surface area contributed by atoms with Gasteiger partial charge in [0, 0.05) is 31.0 Å². The number of pyridine rings is 1. The summed E-state index contributed by atoms with van der Waals surface area (Å²) in [5.74, 6) is -0.0276. The molecule has 0 atom stereocenters. The van der Waals surface area contributed by atoms with Gasteiger partial charge in [-0.1, -0.05) is 48.4 Å². The number of carbonyl (C=O) groups excluding carboxylic acids is 1. The van der Waals surface area contributed by atoms with Crippen LogP contribution in [0.25, 0.3) is 11.3 Å². The van der Waals surface area contributed by atoms with Gasteiger partial charge in [-0.2, -0.15) is 5.10 Å². The van der Waals surface area contributed by atoms with Crippen LogP contribution in [0.2, 0.25) is 5.15 Å². The number of aromatic amines is 1. The monoisotopic (exact) mass is 382 g/mol. The summed E-state index contributed by atoms with van der Waals surface area (Å²) in [6.45, 7) is 0.722. The van der Waals surface area contributed by atoms with E-state index >= 15 is 0 Å². The Morgan fingerprint density at radius 2 is 1.93 bits per heavy atom. The lowest BCUT2D eigenvalue weighted by atomic mass is 10.1. The van der Waals surface area contributed by atoms with Crippen molar-refractivity contribution in [3.8, 4) is 11.3 Å². The van der Waals surface area contributed by atoms with E-state index in [4.69, 9.17) is 11.6 Å². The fourth-order valence-corrected chi connectivity index (χ4v) is 3.02. The largest absolute Gasteiger partial charge is 0.342 e. The van der Waals surface area contributed by atoms with E-state index in [1.807, 2.05) is 25.2 Å². The second-order valence-corrected chi connectivity index (χ2v) is 6.94. The van der Waals surface area contributed by atoms with Gasteiger partial charge in [0.25, 0.3) is 5.91 Å². The molecule has 3 aromatic rings. The van der Waals surface area contributed by atoms with Crippen molar-refractivity contribution in [1.82, 2.24) is 20.1 Å². The summed E-state index contributed by atoms with van der Waals surface area (Å²) in [5.41, 5.74) is 3.81. The number of nitrogens with one attached hydrogen (secondary N) is 1. The zero-order valence-corrected chi connectivity index (χ0v) is 16.1. The number of aromatic nitrogens is 3. The molecule has 0 saturated heterocycles. The van der Waals surface area contributed by atoms with Gasteiger partial charge in [0.1, 0.15) is 5.15 Å². The van der Waals surface area contributed by atoms with Crippen LogP contribution in [0.15, 0.2) is 54.7 Å². The number of nitrogens with zero attached hydrogens (tertiary/aromatic N) is 3. The summed E-state index contributed by atoms with van der Waals surface area (Å²) in [4.78, 5) is 18.0. The summed E-state index contributed by atoms with van der Waals surface area (Å²) in [5, 5.41) is 7.89. The quantitative estimate of drug-likeness (QED) is 0.457. The van der Waals surface area contributed by atoms with E-state index in [1.54, 1.807) is 17.0 Å². The number of aryl methyl sites for hydroxylation is 1. The highest BCUT2D eigenvalue weighted by Crippen LogP contribution is 2.18. The minimum atomic E-state index is -0.0276. The Morgan fingerprint density at radius 1 is 1.11 bits per heavy atom. The molecule has 0 bridgehead atoms. The summed E-state index contributed by atoms with van der Waals surface area (Å²) < 4.78 is 0. The molecule has 1 N–H and O–H groups in total. The molecule has 0 aliphatic carbocycles. The molecule has 0 saturated carbocycles. The van der Waals surface area contributed by atoms with Crippen molar-refractivity contribution in [3.63, 3.8) is 0 Å². The summed E-state index contributed by atoms with van der Waals surface area (Å²) >= 11 is 5.76. The van der Waals surface area contributed by atoms with E-state index in [9.17, 15) is 4.79 Å². The molecular weight excluding hydrogens is 360 g/mol. The van der Waals surface area contributed by atoms with Gasteiger partial charge in [0.05, 0.1) is 11.3 Å². The fraction of sp³-hybridized carbons (Fsp3) is 0.286. The zero-order chi connectivity index (χ0) is 19.1. The maximum Gasteiger partial charge on any atom is 0.255 e. The topological polar surface area (TPSA) is 61.9 Å². The predicted octanol–water partition coefficient (Wildman–Crippen LogP) is 4.61. The van der Waals surface area contributed by atoms with Gasteiger partial charge in [-0.05, 0) is 37.5 Å². The molecule has 27 heavy (non-hydrogen) atoms. The molecule has 0 fully saturated rings. The number of amides is 1. The summed E-state index contributed by atoms with van der Waals surface area (Å²) in [6.07, 6.45) is 5.54. The van der Waals surface area contributed by atoms with Crippen LogP contribution in [0, 0.1) is 0 Å². The van der Waals surface area contributed by atoms with E-state index in [2.05, 4.69) is 33.4 Å². The van der Waals surface area contributed by atoms with E-state index in [-0.39, 0.29) is 5.91 Å². The average Bonchev–Trinajstić information content (AvgIpc) is 3.17. The number of hydrogen-bond acceptors (Lipinski definition) is 3. The number of halogens is 1. The maximum atomic E-state index is 12.3. The van der Waals surface area contributed by atoms with Crippen LogP contribution in [0.3, 0.4) is 0 Å². The second-order valence-electron chi connectivity index (χ2n) is 6.55.